The van der Waals surface area contributed by atoms with Crippen molar-refractivity contribution in [2.75, 3.05) is 0 Å². The summed E-state index contributed by atoms with van der Waals surface area (Å²) in [4.78, 5) is 23.7. The second kappa shape index (κ2) is 8.00. The van der Waals surface area contributed by atoms with Gasteiger partial charge in [-0.1, -0.05) is 17.7 Å². The highest BCUT2D eigenvalue weighted by atomic mass is 79.9. The van der Waals surface area contributed by atoms with Crippen molar-refractivity contribution in [2.24, 2.45) is 0 Å². The molecule has 28 heavy (non-hydrogen) atoms. The highest BCUT2D eigenvalue weighted by molar-refractivity contribution is 9.10. The number of hydrogen-bond donors (Lipinski definition) is 2. The fraction of sp³-hybridized carbons (Fsp3) is 0. The van der Waals surface area contributed by atoms with Gasteiger partial charge in [-0.3, -0.25) is 20.2 Å². The zero-order valence-corrected chi connectivity index (χ0v) is 17.7. The molecule has 1 fully saturated rings. The first-order valence-electron chi connectivity index (χ1n) is 7.54. The molecule has 11 heteroatoms. The lowest BCUT2D eigenvalue weighted by molar-refractivity contribution is -0.123. The predicted molar refractivity (Wildman–Crippen MR) is 110 cm³/mol. The fourth-order valence-electron chi connectivity index (χ4n) is 2.22. The molecule has 0 saturated carbocycles. The van der Waals surface area contributed by atoms with Gasteiger partial charge in [0.1, 0.15) is 10.5 Å². The van der Waals surface area contributed by atoms with Gasteiger partial charge in [0.05, 0.1) is 4.47 Å². The van der Waals surface area contributed by atoms with E-state index in [-0.39, 0.29) is 21.3 Å². The molecule has 0 aromatic heterocycles. The third kappa shape index (κ3) is 4.58. The number of nitrogens with one attached hydrogen (secondary N) is 2. The Balaban J connectivity index is 1.86. The molecular weight excluding hydrogens is 492 g/mol. The van der Waals surface area contributed by atoms with Crippen LogP contribution in [0.4, 0.5) is 0 Å². The molecule has 0 spiro atoms. The maximum atomic E-state index is 12.4. The Morgan fingerprint density at radius 2 is 1.64 bits per heavy atom. The van der Waals surface area contributed by atoms with E-state index >= 15 is 0 Å². The first-order chi connectivity index (χ1) is 13.2. The summed E-state index contributed by atoms with van der Waals surface area (Å²) >= 11 is 13.7. The Hall–Kier alpha value is -2.27. The van der Waals surface area contributed by atoms with Crippen LogP contribution in [0.5, 0.6) is 5.75 Å². The third-order valence-corrected chi connectivity index (χ3v) is 5.84. The molecule has 2 amide bonds. The molecule has 0 aliphatic carbocycles. The number of rotatable bonds is 4. The van der Waals surface area contributed by atoms with E-state index in [2.05, 4.69) is 26.6 Å². The first-order valence-corrected chi connectivity index (χ1v) is 10.5. The van der Waals surface area contributed by atoms with Crippen LogP contribution >= 0.6 is 39.7 Å². The second-order valence-electron chi connectivity index (χ2n) is 5.48. The predicted octanol–water partition coefficient (Wildman–Crippen LogP) is 2.78. The Bertz CT molecular complexity index is 1110. The van der Waals surface area contributed by atoms with Crippen molar-refractivity contribution >= 4 is 72.9 Å². The number of hydrogen-bond acceptors (Lipinski definition) is 6. The zero-order valence-electron chi connectivity index (χ0n) is 13.7. The Morgan fingerprint density at radius 1 is 1.04 bits per heavy atom. The summed E-state index contributed by atoms with van der Waals surface area (Å²) in [7, 11) is -4.06. The van der Waals surface area contributed by atoms with Crippen LogP contribution in [0.1, 0.15) is 5.56 Å². The summed E-state index contributed by atoms with van der Waals surface area (Å²) in [6.45, 7) is 0. The molecule has 3 rings (SSSR count). The van der Waals surface area contributed by atoms with E-state index in [0.29, 0.717) is 15.1 Å². The van der Waals surface area contributed by atoms with Crippen LogP contribution in [0, 0.1) is 0 Å². The lowest BCUT2D eigenvalue weighted by atomic mass is 10.1. The molecule has 7 nitrogen and oxygen atoms in total. The molecule has 2 N–H and O–H groups in total. The molecule has 0 atom stereocenters. The van der Waals surface area contributed by atoms with E-state index in [0.717, 1.165) is 0 Å². The summed E-state index contributed by atoms with van der Waals surface area (Å²) in [5.74, 6) is -1.22. The van der Waals surface area contributed by atoms with Gasteiger partial charge in [-0.25, -0.2) is 0 Å². The van der Waals surface area contributed by atoms with Crippen molar-refractivity contribution in [3.05, 3.63) is 63.1 Å². The zero-order chi connectivity index (χ0) is 20.5. The largest absolute Gasteiger partial charge is 0.378 e. The third-order valence-electron chi connectivity index (χ3n) is 3.51. The van der Waals surface area contributed by atoms with E-state index in [1.165, 1.54) is 48.5 Å². The maximum absolute atomic E-state index is 12.4. The topological polar surface area (TPSA) is 102 Å². The minimum absolute atomic E-state index is 0.0378. The monoisotopic (exact) mass is 500 g/mol. The number of amides is 2. The first kappa shape index (κ1) is 20.5. The average Bonchev–Trinajstić information content (AvgIpc) is 2.60. The fourth-order valence-corrected chi connectivity index (χ4v) is 4.06. The van der Waals surface area contributed by atoms with Gasteiger partial charge in [0, 0.05) is 5.02 Å². The van der Waals surface area contributed by atoms with Crippen molar-refractivity contribution in [1.82, 2.24) is 10.6 Å². The van der Waals surface area contributed by atoms with Crippen LogP contribution in [-0.4, -0.2) is 25.3 Å². The van der Waals surface area contributed by atoms with Gasteiger partial charge in [-0.05, 0) is 76.2 Å². The number of carbonyl (C=O) groups is 2. The summed E-state index contributed by atoms with van der Waals surface area (Å²) in [5, 5.41) is 4.98. The molecular formula is C17H10BrClN2O5S2. The van der Waals surface area contributed by atoms with Crippen LogP contribution < -0.4 is 14.8 Å². The van der Waals surface area contributed by atoms with Gasteiger partial charge in [0.25, 0.3) is 11.8 Å². The van der Waals surface area contributed by atoms with Crippen LogP contribution in [0.25, 0.3) is 6.08 Å². The number of thiocarbonyl (C=S) groups is 1. The van der Waals surface area contributed by atoms with E-state index in [1.807, 2.05) is 0 Å². The van der Waals surface area contributed by atoms with Gasteiger partial charge >= 0.3 is 10.1 Å². The molecule has 0 radical (unpaired) electrons. The van der Waals surface area contributed by atoms with Crippen molar-refractivity contribution < 1.29 is 22.2 Å². The summed E-state index contributed by atoms with van der Waals surface area (Å²) in [6, 6.07) is 9.94. The molecule has 1 heterocycles. The standard InChI is InChI=1S/C17H10BrClN2O5S2/c18-13-8-9(7-12-15(22)20-17(27)21-16(12)23)1-6-14(13)26-28(24,25)11-4-2-10(19)3-5-11/h1-8H,(H2,20,21,22,23,27). The smallest absolute Gasteiger partial charge is 0.339 e. The van der Waals surface area contributed by atoms with Crippen LogP contribution in [0.3, 0.4) is 0 Å². The van der Waals surface area contributed by atoms with Gasteiger partial charge in [-0.2, -0.15) is 8.42 Å². The van der Waals surface area contributed by atoms with E-state index < -0.39 is 21.9 Å². The quantitative estimate of drug-likeness (QED) is 0.289. The van der Waals surface area contributed by atoms with Crippen LogP contribution in [-0.2, 0) is 19.7 Å². The van der Waals surface area contributed by atoms with Gasteiger partial charge in [0.2, 0.25) is 0 Å². The Morgan fingerprint density at radius 3 is 2.21 bits per heavy atom. The van der Waals surface area contributed by atoms with Crippen LogP contribution in [0.15, 0.2) is 57.4 Å². The SMILES string of the molecule is O=C1NC(=S)NC(=O)C1=Cc1ccc(OS(=O)(=O)c2ccc(Cl)cc2)c(Br)c1. The lowest BCUT2D eigenvalue weighted by Gasteiger charge is -2.16. The molecule has 1 saturated heterocycles. The summed E-state index contributed by atoms with van der Waals surface area (Å²) in [6.07, 6.45) is 1.34. The van der Waals surface area contributed by atoms with Gasteiger partial charge in [0.15, 0.2) is 10.9 Å². The molecule has 0 bridgehead atoms. The Labute approximate surface area is 179 Å². The second-order valence-corrected chi connectivity index (χ2v) is 8.72. The number of benzene rings is 2. The van der Waals surface area contributed by atoms with Gasteiger partial charge in [-0.15, -0.1) is 0 Å². The molecule has 144 valence electrons. The normalized spacial score (nSPS) is 14.4. The minimum Gasteiger partial charge on any atom is -0.378 e. The summed E-state index contributed by atoms with van der Waals surface area (Å²) in [5.41, 5.74) is 0.333. The van der Waals surface area contributed by atoms with Crippen molar-refractivity contribution in [3.63, 3.8) is 0 Å². The van der Waals surface area contributed by atoms with Gasteiger partial charge < -0.3 is 4.18 Å². The molecule has 1 aliphatic heterocycles. The highest BCUT2D eigenvalue weighted by Crippen LogP contribution is 2.30. The Kier molecular flexibility index (Phi) is 5.84. The van der Waals surface area contributed by atoms with E-state index in [9.17, 15) is 18.0 Å². The summed E-state index contributed by atoms with van der Waals surface area (Å²) < 4.78 is 30.2. The highest BCUT2D eigenvalue weighted by Gasteiger charge is 2.26. The van der Waals surface area contributed by atoms with E-state index in [1.54, 1.807) is 0 Å². The number of carbonyl (C=O) groups excluding carboxylic acids is 2. The average molecular weight is 502 g/mol. The maximum Gasteiger partial charge on any atom is 0.339 e. The van der Waals surface area contributed by atoms with Crippen molar-refractivity contribution in [2.45, 2.75) is 4.90 Å². The minimum atomic E-state index is -4.06. The molecule has 1 aliphatic rings. The lowest BCUT2D eigenvalue weighted by Crippen LogP contribution is -2.51. The molecule has 2 aromatic rings. The van der Waals surface area contributed by atoms with Crippen molar-refractivity contribution in [3.8, 4) is 5.75 Å². The van der Waals surface area contributed by atoms with E-state index in [4.69, 9.17) is 28.0 Å². The van der Waals surface area contributed by atoms with Crippen molar-refractivity contribution in [1.29, 1.82) is 0 Å². The van der Waals surface area contributed by atoms with Crippen LogP contribution in [0.2, 0.25) is 5.02 Å². The molecule has 2 aromatic carbocycles. The number of halogens is 2. The molecule has 0 unspecified atom stereocenters.